The number of hydrogen-bond acceptors (Lipinski definition) is 4. The van der Waals surface area contributed by atoms with E-state index >= 15 is 0 Å². The number of aliphatic carboxylic acids is 1. The van der Waals surface area contributed by atoms with Crippen LogP contribution in [-0.4, -0.2) is 19.5 Å². The number of carbonyl (C=O) groups is 1. The molecule has 0 spiro atoms. The van der Waals surface area contributed by atoms with Gasteiger partial charge < -0.3 is 9.29 Å². The fourth-order valence-corrected chi connectivity index (χ4v) is 1.44. The van der Waals surface area contributed by atoms with Crippen molar-refractivity contribution < 1.29 is 22.5 Å². The van der Waals surface area contributed by atoms with E-state index in [-0.39, 0.29) is 0 Å². The van der Waals surface area contributed by atoms with Crippen LogP contribution in [0.3, 0.4) is 0 Å². The highest BCUT2D eigenvalue weighted by atomic mass is 32.2. The molecule has 90 valence electrons. The number of carboxylic acids is 1. The van der Waals surface area contributed by atoms with Crippen molar-refractivity contribution in [3.05, 3.63) is 53.6 Å². The van der Waals surface area contributed by atoms with Crippen LogP contribution in [0.1, 0.15) is 5.56 Å². The molecule has 0 heterocycles. The Morgan fingerprint density at radius 3 is 2.41 bits per heavy atom. The molecule has 0 unspecified atom stereocenters. The zero-order valence-corrected chi connectivity index (χ0v) is 9.55. The maximum Gasteiger partial charge on any atom is 0.350 e. The summed E-state index contributed by atoms with van der Waals surface area (Å²) in [5.74, 6) is -1.64. The minimum absolute atomic E-state index is 0.726. The van der Waals surface area contributed by atoms with Crippen molar-refractivity contribution in [2.24, 2.45) is 0 Å². The van der Waals surface area contributed by atoms with Crippen molar-refractivity contribution in [1.29, 1.82) is 0 Å². The summed E-state index contributed by atoms with van der Waals surface area (Å²) >= 11 is 0. The fraction of sp³-hybridized carbons (Fsp3) is 0. The Bertz CT molecular complexity index is 542. The Hall–Kier alpha value is -2.08. The van der Waals surface area contributed by atoms with Crippen LogP contribution >= 0.6 is 0 Å². The highest BCUT2D eigenvalue weighted by Gasteiger charge is 2.22. The van der Waals surface area contributed by atoms with Crippen molar-refractivity contribution in [2.45, 2.75) is 0 Å². The van der Waals surface area contributed by atoms with Crippen molar-refractivity contribution >= 4 is 22.2 Å². The van der Waals surface area contributed by atoms with Gasteiger partial charge in [0.25, 0.3) is 0 Å². The van der Waals surface area contributed by atoms with E-state index in [9.17, 15) is 13.2 Å². The van der Waals surface area contributed by atoms with Gasteiger partial charge in [0, 0.05) is 0 Å². The van der Waals surface area contributed by atoms with E-state index in [4.69, 9.17) is 5.11 Å². The summed E-state index contributed by atoms with van der Waals surface area (Å²) in [4.78, 5) is 9.39. The van der Waals surface area contributed by atoms with Crippen LogP contribution in [0, 0.1) is 0 Å². The standard InChI is InChI=1S/C11H10O5S/c1-9(11(12)13)17(14,15)16-8-7-10-5-3-2-4-6-10/h2-8H,1H2,(H,12,13). The van der Waals surface area contributed by atoms with E-state index in [0.717, 1.165) is 11.8 Å². The first-order valence-electron chi connectivity index (χ1n) is 4.50. The highest BCUT2D eigenvalue weighted by molar-refractivity contribution is 7.91. The summed E-state index contributed by atoms with van der Waals surface area (Å²) in [5.41, 5.74) is 0.726. The molecule has 0 saturated heterocycles. The molecule has 0 aliphatic rings. The van der Waals surface area contributed by atoms with Crippen LogP contribution in [0.4, 0.5) is 0 Å². The van der Waals surface area contributed by atoms with Gasteiger partial charge in [-0.15, -0.1) is 0 Å². The first-order chi connectivity index (χ1) is 7.93. The lowest BCUT2D eigenvalue weighted by atomic mass is 10.2. The SMILES string of the molecule is C=C(C(=O)O)S(=O)(=O)OC=Cc1ccccc1. The molecule has 0 atom stereocenters. The monoisotopic (exact) mass is 254 g/mol. The summed E-state index contributed by atoms with van der Waals surface area (Å²) in [5, 5.41) is 8.45. The molecule has 0 aliphatic carbocycles. The molecule has 0 aliphatic heterocycles. The lowest BCUT2D eigenvalue weighted by molar-refractivity contribution is -0.131. The largest absolute Gasteiger partial charge is 0.477 e. The van der Waals surface area contributed by atoms with Crippen LogP contribution in [-0.2, 0) is 19.1 Å². The van der Waals surface area contributed by atoms with Gasteiger partial charge in [-0.25, -0.2) is 4.79 Å². The molecule has 5 nitrogen and oxygen atoms in total. The summed E-state index contributed by atoms with van der Waals surface area (Å²) in [6.07, 6.45) is 2.30. The average molecular weight is 254 g/mol. The molecule has 1 rings (SSSR count). The third-order valence-electron chi connectivity index (χ3n) is 1.78. The summed E-state index contributed by atoms with van der Waals surface area (Å²) in [6, 6.07) is 8.81. The first kappa shape index (κ1) is 13.0. The number of hydrogen-bond donors (Lipinski definition) is 1. The maximum absolute atomic E-state index is 11.2. The van der Waals surface area contributed by atoms with Gasteiger partial charge in [0.15, 0.2) is 4.91 Å². The Balaban J connectivity index is 2.72. The van der Waals surface area contributed by atoms with Gasteiger partial charge >= 0.3 is 16.1 Å². The van der Waals surface area contributed by atoms with Gasteiger partial charge in [-0.2, -0.15) is 8.42 Å². The Morgan fingerprint density at radius 1 is 1.29 bits per heavy atom. The zero-order valence-electron chi connectivity index (χ0n) is 8.74. The topological polar surface area (TPSA) is 80.7 Å². The van der Waals surface area contributed by atoms with Crippen molar-refractivity contribution in [2.75, 3.05) is 0 Å². The predicted molar refractivity (Wildman–Crippen MR) is 62.3 cm³/mol. The molecule has 1 N–H and O–H groups in total. The lowest BCUT2D eigenvalue weighted by Crippen LogP contribution is -2.12. The van der Waals surface area contributed by atoms with Crippen LogP contribution in [0.15, 0.2) is 48.1 Å². The smallest absolute Gasteiger partial charge is 0.350 e. The molecule has 0 aromatic heterocycles. The molecule has 0 radical (unpaired) electrons. The molecule has 1 aromatic carbocycles. The maximum atomic E-state index is 11.2. The van der Waals surface area contributed by atoms with Gasteiger partial charge in [0.1, 0.15) is 6.26 Å². The molecule has 17 heavy (non-hydrogen) atoms. The minimum Gasteiger partial charge on any atom is -0.477 e. The van der Waals surface area contributed by atoms with Gasteiger partial charge in [-0.1, -0.05) is 36.9 Å². The summed E-state index contributed by atoms with van der Waals surface area (Å²) in [6.45, 7) is 2.91. The second-order valence-corrected chi connectivity index (χ2v) is 4.59. The van der Waals surface area contributed by atoms with Gasteiger partial charge in [0.05, 0.1) is 0 Å². The Morgan fingerprint density at radius 2 is 1.88 bits per heavy atom. The molecule has 6 heteroatoms. The van der Waals surface area contributed by atoms with E-state index in [1.54, 1.807) is 30.3 Å². The number of rotatable bonds is 5. The third kappa shape index (κ3) is 3.76. The average Bonchev–Trinajstić information content (AvgIpc) is 2.29. The number of carboxylic acid groups (broad SMARTS) is 1. The van der Waals surface area contributed by atoms with E-state index in [1.165, 1.54) is 6.08 Å². The van der Waals surface area contributed by atoms with Crippen molar-refractivity contribution in [1.82, 2.24) is 0 Å². The van der Waals surface area contributed by atoms with Crippen molar-refractivity contribution in [3.8, 4) is 0 Å². The van der Waals surface area contributed by atoms with Crippen LogP contribution in [0.5, 0.6) is 0 Å². The molecular formula is C11H10O5S. The Kier molecular flexibility index (Phi) is 4.06. The van der Waals surface area contributed by atoms with Crippen LogP contribution < -0.4 is 0 Å². The molecule has 1 aromatic rings. The highest BCUT2D eigenvalue weighted by Crippen LogP contribution is 2.09. The predicted octanol–water partition coefficient (Wildman–Crippen LogP) is 1.60. The first-order valence-corrected chi connectivity index (χ1v) is 5.91. The van der Waals surface area contributed by atoms with E-state index < -0.39 is 21.0 Å². The van der Waals surface area contributed by atoms with Crippen LogP contribution in [0.25, 0.3) is 6.08 Å². The molecule has 0 saturated carbocycles. The quantitative estimate of drug-likeness (QED) is 0.490. The molecule has 0 fully saturated rings. The van der Waals surface area contributed by atoms with Crippen molar-refractivity contribution in [3.63, 3.8) is 0 Å². The summed E-state index contributed by atoms with van der Waals surface area (Å²) in [7, 11) is -4.31. The number of benzene rings is 1. The zero-order chi connectivity index (χ0) is 12.9. The van der Waals surface area contributed by atoms with E-state index in [1.807, 2.05) is 0 Å². The minimum atomic E-state index is -4.31. The normalized spacial score (nSPS) is 11.3. The molecule has 0 amide bonds. The van der Waals surface area contributed by atoms with E-state index in [0.29, 0.717) is 0 Å². The lowest BCUT2D eigenvalue weighted by Gasteiger charge is -2.01. The third-order valence-corrected chi connectivity index (χ3v) is 2.93. The Labute approximate surface area is 98.8 Å². The second kappa shape index (κ2) is 5.31. The molecular weight excluding hydrogens is 244 g/mol. The van der Waals surface area contributed by atoms with Gasteiger partial charge in [0.2, 0.25) is 0 Å². The van der Waals surface area contributed by atoms with E-state index in [2.05, 4.69) is 10.8 Å². The fourth-order valence-electron chi connectivity index (χ4n) is 0.909. The molecule has 0 bridgehead atoms. The summed E-state index contributed by atoms with van der Waals surface area (Å²) < 4.78 is 26.8. The van der Waals surface area contributed by atoms with Crippen LogP contribution in [0.2, 0.25) is 0 Å². The van der Waals surface area contributed by atoms with Gasteiger partial charge in [-0.05, 0) is 11.6 Å². The van der Waals surface area contributed by atoms with Gasteiger partial charge in [-0.3, -0.25) is 0 Å². The second-order valence-electron chi connectivity index (χ2n) is 2.99.